The number of aliphatic hydroxyl groups excluding tert-OH is 1. The van der Waals surface area contributed by atoms with E-state index in [1.165, 1.54) is 6.07 Å². The van der Waals surface area contributed by atoms with Gasteiger partial charge in [0, 0.05) is 26.2 Å². The summed E-state index contributed by atoms with van der Waals surface area (Å²) in [5, 5.41) is 15.7. The zero-order valence-electron chi connectivity index (χ0n) is 15.2. The molecule has 1 aromatic rings. The van der Waals surface area contributed by atoms with Crippen LogP contribution in [-0.4, -0.2) is 37.3 Å². The number of aliphatic imine (C=N–C) groups is 1. The van der Waals surface area contributed by atoms with Crippen molar-refractivity contribution in [1.82, 2.24) is 10.6 Å². The van der Waals surface area contributed by atoms with Crippen molar-refractivity contribution in [2.75, 3.05) is 26.2 Å². The summed E-state index contributed by atoms with van der Waals surface area (Å²) in [5.74, 6) is 1.56. The summed E-state index contributed by atoms with van der Waals surface area (Å²) in [6.07, 6.45) is 2.44. The third-order valence-corrected chi connectivity index (χ3v) is 3.84. The van der Waals surface area contributed by atoms with Gasteiger partial charge in [-0.3, -0.25) is 4.99 Å². The monoisotopic (exact) mass is 337 g/mol. The van der Waals surface area contributed by atoms with Crippen LogP contribution in [0.2, 0.25) is 0 Å². The van der Waals surface area contributed by atoms with Crippen molar-refractivity contribution in [3.63, 3.8) is 0 Å². The Morgan fingerprint density at radius 1 is 1.25 bits per heavy atom. The maximum atomic E-state index is 13.6. The fourth-order valence-corrected chi connectivity index (χ4v) is 2.71. The van der Waals surface area contributed by atoms with Gasteiger partial charge in [-0.2, -0.15) is 0 Å². The second kappa shape index (κ2) is 11.8. The fourth-order valence-electron chi connectivity index (χ4n) is 2.71. The molecule has 1 aromatic carbocycles. The van der Waals surface area contributed by atoms with Crippen LogP contribution in [0.25, 0.3) is 0 Å². The summed E-state index contributed by atoms with van der Waals surface area (Å²) >= 11 is 0. The number of hydrogen-bond acceptors (Lipinski definition) is 2. The van der Waals surface area contributed by atoms with E-state index < -0.39 is 0 Å². The topological polar surface area (TPSA) is 56.7 Å². The predicted molar refractivity (Wildman–Crippen MR) is 98.7 cm³/mol. The minimum Gasteiger partial charge on any atom is -0.396 e. The number of nitrogens with zero attached hydrogens (tertiary/aromatic N) is 1. The zero-order valence-corrected chi connectivity index (χ0v) is 15.2. The summed E-state index contributed by atoms with van der Waals surface area (Å²) < 4.78 is 13.6. The van der Waals surface area contributed by atoms with Crippen molar-refractivity contribution >= 4 is 5.96 Å². The van der Waals surface area contributed by atoms with Crippen molar-refractivity contribution in [2.45, 2.75) is 40.0 Å². The van der Waals surface area contributed by atoms with E-state index in [0.29, 0.717) is 36.9 Å². The van der Waals surface area contributed by atoms with E-state index in [1.807, 2.05) is 13.0 Å². The van der Waals surface area contributed by atoms with Gasteiger partial charge in [-0.05, 0) is 49.7 Å². The van der Waals surface area contributed by atoms with Crippen LogP contribution in [-0.2, 0) is 6.42 Å². The molecule has 0 heterocycles. The highest BCUT2D eigenvalue weighted by atomic mass is 19.1. The van der Waals surface area contributed by atoms with Crippen LogP contribution in [0.4, 0.5) is 4.39 Å². The molecule has 4 nitrogen and oxygen atoms in total. The average molecular weight is 337 g/mol. The standard InChI is InChI=1S/C19H32FN3O/c1-4-21-19(23-14-16(10-12-24)13-15(2)3)22-11-9-17-7-5-6-8-18(17)20/h5-8,15-16,24H,4,9-14H2,1-3H3,(H2,21,22,23). The lowest BCUT2D eigenvalue weighted by Crippen LogP contribution is -2.38. The van der Waals surface area contributed by atoms with E-state index in [4.69, 9.17) is 0 Å². The Bertz CT molecular complexity index is 491. The van der Waals surface area contributed by atoms with Crippen molar-refractivity contribution < 1.29 is 9.50 Å². The molecule has 0 spiro atoms. The number of rotatable bonds is 10. The Morgan fingerprint density at radius 3 is 2.62 bits per heavy atom. The van der Waals surface area contributed by atoms with Crippen LogP contribution < -0.4 is 10.6 Å². The van der Waals surface area contributed by atoms with Crippen LogP contribution in [0.3, 0.4) is 0 Å². The molecule has 1 rings (SSSR count). The van der Waals surface area contributed by atoms with Gasteiger partial charge in [0.1, 0.15) is 5.82 Å². The molecule has 136 valence electrons. The van der Waals surface area contributed by atoms with Crippen molar-refractivity contribution in [1.29, 1.82) is 0 Å². The Balaban J connectivity index is 2.53. The van der Waals surface area contributed by atoms with Crippen LogP contribution in [0.15, 0.2) is 29.3 Å². The van der Waals surface area contributed by atoms with E-state index in [9.17, 15) is 9.50 Å². The molecule has 0 aromatic heterocycles. The maximum Gasteiger partial charge on any atom is 0.191 e. The van der Waals surface area contributed by atoms with Gasteiger partial charge in [0.25, 0.3) is 0 Å². The molecule has 24 heavy (non-hydrogen) atoms. The second-order valence-electron chi connectivity index (χ2n) is 6.50. The normalized spacial score (nSPS) is 13.2. The molecule has 0 saturated carbocycles. The summed E-state index contributed by atoms with van der Waals surface area (Å²) in [4.78, 5) is 4.63. The summed E-state index contributed by atoms with van der Waals surface area (Å²) in [6, 6.07) is 6.85. The predicted octanol–water partition coefficient (Wildman–Crippen LogP) is 2.97. The minimum atomic E-state index is -0.166. The second-order valence-corrected chi connectivity index (χ2v) is 6.50. The summed E-state index contributed by atoms with van der Waals surface area (Å²) in [7, 11) is 0. The van der Waals surface area contributed by atoms with Crippen LogP contribution in [0.1, 0.15) is 39.2 Å². The number of nitrogens with one attached hydrogen (secondary N) is 2. The number of benzene rings is 1. The van der Waals surface area contributed by atoms with Gasteiger partial charge in [-0.1, -0.05) is 32.0 Å². The van der Waals surface area contributed by atoms with E-state index in [-0.39, 0.29) is 12.4 Å². The van der Waals surface area contributed by atoms with Gasteiger partial charge in [-0.15, -0.1) is 0 Å². The lowest BCUT2D eigenvalue weighted by Gasteiger charge is -2.17. The van der Waals surface area contributed by atoms with Gasteiger partial charge >= 0.3 is 0 Å². The quantitative estimate of drug-likeness (QED) is 0.454. The molecule has 0 saturated heterocycles. The molecule has 3 N–H and O–H groups in total. The summed E-state index contributed by atoms with van der Waals surface area (Å²) in [5.41, 5.74) is 0.707. The Morgan fingerprint density at radius 2 is 2.00 bits per heavy atom. The molecule has 0 aliphatic heterocycles. The molecule has 5 heteroatoms. The Kier molecular flexibility index (Phi) is 10.1. The highest BCUT2D eigenvalue weighted by Crippen LogP contribution is 2.15. The van der Waals surface area contributed by atoms with E-state index >= 15 is 0 Å². The Hall–Kier alpha value is -1.62. The molecule has 1 atom stereocenters. The van der Waals surface area contributed by atoms with E-state index in [0.717, 1.165) is 25.3 Å². The van der Waals surface area contributed by atoms with Gasteiger partial charge in [0.15, 0.2) is 5.96 Å². The lowest BCUT2D eigenvalue weighted by atomic mass is 9.94. The first kappa shape index (κ1) is 20.4. The first-order valence-electron chi connectivity index (χ1n) is 8.93. The SMILES string of the molecule is CCNC(=NCC(CCO)CC(C)C)NCCc1ccccc1F. The number of aliphatic hydroxyl groups is 1. The first-order valence-corrected chi connectivity index (χ1v) is 8.93. The van der Waals surface area contributed by atoms with Gasteiger partial charge in [-0.25, -0.2) is 4.39 Å². The Labute approximate surface area is 145 Å². The van der Waals surface area contributed by atoms with Crippen molar-refractivity contribution in [2.24, 2.45) is 16.8 Å². The molecule has 0 radical (unpaired) electrons. The zero-order chi connectivity index (χ0) is 17.8. The molecule has 0 aliphatic carbocycles. The molecular weight excluding hydrogens is 305 g/mol. The first-order chi connectivity index (χ1) is 11.6. The minimum absolute atomic E-state index is 0.166. The van der Waals surface area contributed by atoms with Crippen molar-refractivity contribution in [3.8, 4) is 0 Å². The molecular formula is C19H32FN3O. The smallest absolute Gasteiger partial charge is 0.191 e. The average Bonchev–Trinajstić information content (AvgIpc) is 2.54. The van der Waals surface area contributed by atoms with Gasteiger partial charge in [0.2, 0.25) is 0 Å². The van der Waals surface area contributed by atoms with Crippen LogP contribution in [0.5, 0.6) is 0 Å². The fraction of sp³-hybridized carbons (Fsp3) is 0.632. The van der Waals surface area contributed by atoms with E-state index in [1.54, 1.807) is 12.1 Å². The molecule has 1 unspecified atom stereocenters. The summed E-state index contributed by atoms with van der Waals surface area (Å²) in [6.45, 7) is 8.69. The van der Waals surface area contributed by atoms with E-state index in [2.05, 4.69) is 29.5 Å². The third-order valence-electron chi connectivity index (χ3n) is 3.84. The highest BCUT2D eigenvalue weighted by Gasteiger charge is 2.10. The molecule has 0 fully saturated rings. The third kappa shape index (κ3) is 8.29. The molecule has 0 aliphatic rings. The van der Waals surface area contributed by atoms with Gasteiger partial charge in [0.05, 0.1) is 0 Å². The molecule has 0 bridgehead atoms. The highest BCUT2D eigenvalue weighted by molar-refractivity contribution is 5.79. The van der Waals surface area contributed by atoms with Gasteiger partial charge < -0.3 is 15.7 Å². The number of halogens is 1. The largest absolute Gasteiger partial charge is 0.396 e. The molecule has 0 amide bonds. The van der Waals surface area contributed by atoms with Crippen LogP contribution in [0, 0.1) is 17.7 Å². The lowest BCUT2D eigenvalue weighted by molar-refractivity contribution is 0.245. The number of hydrogen-bond donors (Lipinski definition) is 3. The number of guanidine groups is 1. The maximum absolute atomic E-state index is 13.6. The van der Waals surface area contributed by atoms with Crippen molar-refractivity contribution in [3.05, 3.63) is 35.6 Å². The van der Waals surface area contributed by atoms with Crippen LogP contribution >= 0.6 is 0 Å².